The first-order valence-corrected chi connectivity index (χ1v) is 9.27. The van der Waals surface area contributed by atoms with Crippen molar-refractivity contribution in [3.8, 4) is 0 Å². The summed E-state index contributed by atoms with van der Waals surface area (Å²) >= 11 is 0. The second-order valence-corrected chi connectivity index (χ2v) is 5.92. The second kappa shape index (κ2) is 21.2. The van der Waals surface area contributed by atoms with E-state index in [0.717, 1.165) is 0 Å². The molecule has 0 aliphatic rings. The molecule has 14 heteroatoms. The van der Waals surface area contributed by atoms with Crippen molar-refractivity contribution in [1.82, 2.24) is 0 Å². The smallest absolute Gasteiger partial charge is 0.0704 e. The molecule has 0 aliphatic carbocycles. The molecule has 168 valence electrons. The van der Waals surface area contributed by atoms with Gasteiger partial charge in [0.1, 0.15) is 0 Å². The lowest BCUT2D eigenvalue weighted by Crippen LogP contribution is -2.37. The van der Waals surface area contributed by atoms with Gasteiger partial charge in [-0.2, -0.15) is 0 Å². The molecule has 0 fully saturated rings. The van der Waals surface area contributed by atoms with Crippen LogP contribution in [0.15, 0.2) is 28.0 Å². The first-order valence-electron chi connectivity index (χ1n) is 9.27. The Morgan fingerprint density at radius 3 is 1.37 bits per heavy atom. The van der Waals surface area contributed by atoms with Crippen molar-refractivity contribution in [3.63, 3.8) is 0 Å². The van der Waals surface area contributed by atoms with Crippen molar-refractivity contribution in [2.24, 2.45) is 20.8 Å². The van der Waals surface area contributed by atoms with Crippen LogP contribution in [0.25, 0.3) is 31.3 Å². The van der Waals surface area contributed by atoms with Gasteiger partial charge in [0.05, 0.1) is 66.1 Å². The van der Waals surface area contributed by atoms with Gasteiger partial charge in [-0.05, 0) is 16.6 Å². The van der Waals surface area contributed by atoms with Gasteiger partial charge in [0.15, 0.2) is 0 Å². The average molecular weight is 427 g/mol. The number of rotatable bonds is 22. The molecule has 0 amide bonds. The van der Waals surface area contributed by atoms with E-state index in [9.17, 15) is 0 Å². The quantitative estimate of drug-likeness (QED) is 0.0840. The van der Waals surface area contributed by atoms with Crippen LogP contribution >= 0.6 is 0 Å². The molecule has 0 aromatic rings. The molecule has 0 saturated carbocycles. The van der Waals surface area contributed by atoms with Gasteiger partial charge in [-0.1, -0.05) is 21.4 Å². The normalized spacial score (nSPS) is 12.1. The standard InChI is InChI=1S/C16H29N9O5/c1-2-3-26-4-5-27-6-7-28-8-9-29-10-11-30-15-16(12-20-23-17,13-21-24-18)14-22-25-19/h2H,1,3-15H2. The van der Waals surface area contributed by atoms with Crippen molar-refractivity contribution < 1.29 is 23.7 Å². The van der Waals surface area contributed by atoms with Gasteiger partial charge in [-0.15, -0.1) is 6.58 Å². The highest BCUT2D eigenvalue weighted by atomic mass is 16.6. The van der Waals surface area contributed by atoms with Crippen LogP contribution in [-0.2, 0) is 23.7 Å². The zero-order chi connectivity index (χ0) is 22.2. The van der Waals surface area contributed by atoms with Crippen LogP contribution in [0.3, 0.4) is 0 Å². The Bertz CT molecular complexity index is 537. The van der Waals surface area contributed by atoms with E-state index in [2.05, 4.69) is 36.7 Å². The Morgan fingerprint density at radius 1 is 0.633 bits per heavy atom. The number of azide groups is 3. The predicted molar refractivity (Wildman–Crippen MR) is 109 cm³/mol. The molecule has 0 aliphatic heterocycles. The fourth-order valence-electron chi connectivity index (χ4n) is 2.06. The highest BCUT2D eigenvalue weighted by Gasteiger charge is 2.28. The van der Waals surface area contributed by atoms with E-state index in [0.29, 0.717) is 52.9 Å². The fourth-order valence-corrected chi connectivity index (χ4v) is 2.06. The van der Waals surface area contributed by atoms with Gasteiger partial charge in [0.2, 0.25) is 0 Å². The number of hydrogen-bond acceptors (Lipinski definition) is 8. The minimum atomic E-state index is -0.898. The number of hydrogen-bond donors (Lipinski definition) is 0. The second-order valence-electron chi connectivity index (χ2n) is 5.92. The summed E-state index contributed by atoms with van der Waals surface area (Å²) < 4.78 is 26.8. The van der Waals surface area contributed by atoms with Gasteiger partial charge in [0.25, 0.3) is 0 Å². The monoisotopic (exact) mass is 427 g/mol. The lowest BCUT2D eigenvalue weighted by atomic mass is 9.89. The van der Waals surface area contributed by atoms with E-state index in [1.165, 1.54) is 0 Å². The Labute approximate surface area is 174 Å². The molecule has 0 aromatic carbocycles. The van der Waals surface area contributed by atoms with Crippen molar-refractivity contribution in [3.05, 3.63) is 44.0 Å². The van der Waals surface area contributed by atoms with Crippen LogP contribution in [-0.4, -0.2) is 85.7 Å². The first kappa shape index (κ1) is 27.5. The molecular weight excluding hydrogens is 398 g/mol. The Hall–Kier alpha value is -2.53. The summed E-state index contributed by atoms with van der Waals surface area (Å²) in [5.41, 5.74) is 24.7. The maximum absolute atomic E-state index is 8.55. The highest BCUT2D eigenvalue weighted by Crippen LogP contribution is 2.21. The van der Waals surface area contributed by atoms with E-state index < -0.39 is 5.41 Å². The molecule has 0 rings (SSSR count). The van der Waals surface area contributed by atoms with Gasteiger partial charge >= 0.3 is 0 Å². The highest BCUT2D eigenvalue weighted by molar-refractivity contribution is 4.87. The van der Waals surface area contributed by atoms with Crippen molar-refractivity contribution in [2.75, 3.05) is 85.7 Å². The van der Waals surface area contributed by atoms with Crippen LogP contribution in [0, 0.1) is 5.41 Å². The van der Waals surface area contributed by atoms with Crippen LogP contribution in [0.4, 0.5) is 0 Å². The largest absolute Gasteiger partial charge is 0.378 e. The molecular formula is C16H29N9O5. The molecule has 0 bridgehead atoms. The first-order chi connectivity index (χ1) is 14.7. The third kappa shape index (κ3) is 16.4. The molecule has 14 nitrogen and oxygen atoms in total. The molecule has 0 aromatic heterocycles. The van der Waals surface area contributed by atoms with E-state index in [4.69, 9.17) is 40.3 Å². The molecule has 0 heterocycles. The molecule has 0 spiro atoms. The minimum Gasteiger partial charge on any atom is -0.378 e. The number of nitrogens with zero attached hydrogens (tertiary/aromatic N) is 9. The summed E-state index contributed by atoms with van der Waals surface area (Å²) in [4.78, 5) is 8.10. The Balaban J connectivity index is 3.87. The third-order valence-electron chi connectivity index (χ3n) is 3.54. The molecule has 0 radical (unpaired) electrons. The van der Waals surface area contributed by atoms with Gasteiger partial charge in [-0.3, -0.25) is 0 Å². The summed E-state index contributed by atoms with van der Waals surface area (Å²) in [6.45, 7) is 7.42. The van der Waals surface area contributed by atoms with Crippen LogP contribution in [0.2, 0.25) is 0 Å². The SMILES string of the molecule is C=CCOCCOCCOCCOCCOCC(CN=[N+]=[N-])(CN=[N+]=[N-])CN=[N+]=[N-]. The van der Waals surface area contributed by atoms with Gasteiger partial charge < -0.3 is 23.7 Å². The summed E-state index contributed by atoms with van der Waals surface area (Å²) in [5, 5.41) is 10.5. The average Bonchev–Trinajstić information content (AvgIpc) is 2.77. The molecule has 30 heavy (non-hydrogen) atoms. The van der Waals surface area contributed by atoms with Gasteiger partial charge in [-0.25, -0.2) is 0 Å². The zero-order valence-corrected chi connectivity index (χ0v) is 17.0. The van der Waals surface area contributed by atoms with Crippen molar-refractivity contribution in [2.45, 2.75) is 0 Å². The van der Waals surface area contributed by atoms with Crippen LogP contribution in [0.1, 0.15) is 0 Å². The fraction of sp³-hybridized carbons (Fsp3) is 0.875. The van der Waals surface area contributed by atoms with Crippen LogP contribution < -0.4 is 0 Å². The lowest BCUT2D eigenvalue weighted by molar-refractivity contribution is -0.0180. The number of ether oxygens (including phenoxy) is 5. The molecule has 0 saturated heterocycles. The van der Waals surface area contributed by atoms with Crippen LogP contribution in [0.5, 0.6) is 0 Å². The predicted octanol–water partition coefficient (Wildman–Crippen LogP) is 3.17. The summed E-state index contributed by atoms with van der Waals surface area (Å²) in [6, 6.07) is 0. The molecule has 0 unspecified atom stereocenters. The van der Waals surface area contributed by atoms with Crippen molar-refractivity contribution >= 4 is 0 Å². The summed E-state index contributed by atoms with van der Waals surface area (Å²) in [6.07, 6.45) is 1.68. The van der Waals surface area contributed by atoms with Crippen molar-refractivity contribution in [1.29, 1.82) is 0 Å². The third-order valence-corrected chi connectivity index (χ3v) is 3.54. The summed E-state index contributed by atoms with van der Waals surface area (Å²) in [7, 11) is 0. The minimum absolute atomic E-state index is 0.0291. The zero-order valence-electron chi connectivity index (χ0n) is 17.0. The molecule has 0 N–H and O–H groups in total. The molecule has 0 atom stereocenters. The summed E-state index contributed by atoms with van der Waals surface area (Å²) in [5.74, 6) is 0. The van der Waals surface area contributed by atoms with E-state index in [1.54, 1.807) is 6.08 Å². The maximum Gasteiger partial charge on any atom is 0.0704 e. The van der Waals surface area contributed by atoms with E-state index >= 15 is 0 Å². The Morgan fingerprint density at radius 2 is 1.00 bits per heavy atom. The van der Waals surface area contributed by atoms with E-state index in [1.807, 2.05) is 0 Å². The van der Waals surface area contributed by atoms with Gasteiger partial charge in [0, 0.05) is 39.8 Å². The maximum atomic E-state index is 8.55. The lowest BCUT2D eigenvalue weighted by Gasteiger charge is -2.28. The Kier molecular flexibility index (Phi) is 19.4. The van der Waals surface area contributed by atoms with E-state index in [-0.39, 0.29) is 32.8 Å². The topological polar surface area (TPSA) is 192 Å².